The van der Waals surface area contributed by atoms with Gasteiger partial charge in [-0.3, -0.25) is 4.79 Å². The van der Waals surface area contributed by atoms with E-state index in [-0.39, 0.29) is 18.5 Å². The number of hydrogen-bond acceptors (Lipinski definition) is 2. The van der Waals surface area contributed by atoms with Crippen LogP contribution in [-0.2, 0) is 4.79 Å². The lowest BCUT2D eigenvalue weighted by molar-refractivity contribution is -0.120. The number of amides is 1. The van der Waals surface area contributed by atoms with Gasteiger partial charge in [0.15, 0.2) is 0 Å². The molecule has 16 heavy (non-hydrogen) atoms. The summed E-state index contributed by atoms with van der Waals surface area (Å²) in [6.07, 6.45) is 0. The molecule has 0 bridgehead atoms. The van der Waals surface area contributed by atoms with Gasteiger partial charge in [-0.25, -0.2) is 0 Å². The lowest BCUT2D eigenvalue weighted by atomic mass is 10.1. The molecule has 0 heterocycles. The molecular formula is C10H11ClN4O. The Morgan fingerprint density at radius 1 is 1.62 bits per heavy atom. The van der Waals surface area contributed by atoms with Crippen LogP contribution in [-0.4, -0.2) is 12.5 Å². The molecule has 0 saturated carbocycles. The van der Waals surface area contributed by atoms with Gasteiger partial charge >= 0.3 is 0 Å². The Bertz CT molecular complexity index is 429. The molecule has 1 atom stereocenters. The molecule has 84 valence electrons. The van der Waals surface area contributed by atoms with Crippen LogP contribution in [0, 0.1) is 0 Å². The van der Waals surface area contributed by atoms with E-state index in [2.05, 4.69) is 15.3 Å². The molecular weight excluding hydrogens is 228 g/mol. The van der Waals surface area contributed by atoms with Crippen molar-refractivity contribution in [3.05, 3.63) is 45.3 Å². The highest BCUT2D eigenvalue weighted by Crippen LogP contribution is 2.21. The molecule has 0 aliphatic heterocycles. The topological polar surface area (TPSA) is 77.9 Å². The SMILES string of the molecule is CC(NC(=O)CN=[N+]=[N-])c1ccccc1Cl. The summed E-state index contributed by atoms with van der Waals surface area (Å²) in [5.41, 5.74) is 8.90. The number of carbonyl (C=O) groups is 1. The predicted molar refractivity (Wildman–Crippen MR) is 62.0 cm³/mol. The predicted octanol–water partition coefficient (Wildman–Crippen LogP) is 2.83. The second kappa shape index (κ2) is 6.00. The van der Waals surface area contributed by atoms with E-state index >= 15 is 0 Å². The zero-order valence-corrected chi connectivity index (χ0v) is 9.48. The van der Waals surface area contributed by atoms with E-state index in [0.717, 1.165) is 5.56 Å². The van der Waals surface area contributed by atoms with E-state index in [1.165, 1.54) is 0 Å². The number of benzene rings is 1. The molecule has 0 aliphatic carbocycles. The Morgan fingerprint density at radius 3 is 2.94 bits per heavy atom. The van der Waals surface area contributed by atoms with Crippen LogP contribution < -0.4 is 5.32 Å². The molecule has 1 unspecified atom stereocenters. The average molecular weight is 239 g/mol. The molecule has 0 fully saturated rings. The van der Waals surface area contributed by atoms with Crippen molar-refractivity contribution in [3.8, 4) is 0 Å². The Hall–Kier alpha value is -1.71. The molecule has 5 nitrogen and oxygen atoms in total. The minimum absolute atomic E-state index is 0.203. The van der Waals surface area contributed by atoms with Crippen molar-refractivity contribution < 1.29 is 4.79 Å². The van der Waals surface area contributed by atoms with Gasteiger partial charge in [-0.15, -0.1) is 0 Å². The van der Waals surface area contributed by atoms with Crippen LogP contribution in [0.5, 0.6) is 0 Å². The first-order valence-electron chi connectivity index (χ1n) is 4.69. The van der Waals surface area contributed by atoms with Crippen LogP contribution in [0.4, 0.5) is 0 Å². The third kappa shape index (κ3) is 3.46. The summed E-state index contributed by atoms with van der Waals surface area (Å²) in [6.45, 7) is 1.61. The monoisotopic (exact) mass is 238 g/mol. The smallest absolute Gasteiger partial charge is 0.226 e. The highest BCUT2D eigenvalue weighted by molar-refractivity contribution is 6.31. The zero-order valence-electron chi connectivity index (χ0n) is 8.72. The van der Waals surface area contributed by atoms with Crippen molar-refractivity contribution in [1.29, 1.82) is 0 Å². The molecule has 1 aromatic rings. The highest BCUT2D eigenvalue weighted by atomic mass is 35.5. The van der Waals surface area contributed by atoms with Gasteiger partial charge in [-0.1, -0.05) is 34.9 Å². The lowest BCUT2D eigenvalue weighted by Crippen LogP contribution is -2.28. The van der Waals surface area contributed by atoms with Crippen LogP contribution in [0.2, 0.25) is 5.02 Å². The Morgan fingerprint density at radius 2 is 2.31 bits per heavy atom. The molecule has 6 heteroatoms. The Kier molecular flexibility index (Phi) is 4.64. The van der Waals surface area contributed by atoms with E-state index in [1.54, 1.807) is 6.07 Å². The van der Waals surface area contributed by atoms with Gasteiger partial charge < -0.3 is 5.32 Å². The number of azide groups is 1. The van der Waals surface area contributed by atoms with Gasteiger partial charge in [0.2, 0.25) is 5.91 Å². The van der Waals surface area contributed by atoms with Crippen molar-refractivity contribution in [2.75, 3.05) is 6.54 Å². The van der Waals surface area contributed by atoms with Gasteiger partial charge in [0, 0.05) is 9.93 Å². The first kappa shape index (κ1) is 12.4. The van der Waals surface area contributed by atoms with Crippen LogP contribution in [0.25, 0.3) is 10.4 Å². The molecule has 0 saturated heterocycles. The van der Waals surface area contributed by atoms with Crippen LogP contribution in [0.1, 0.15) is 18.5 Å². The maximum Gasteiger partial charge on any atom is 0.226 e. The second-order valence-corrected chi connectivity index (χ2v) is 3.61. The van der Waals surface area contributed by atoms with E-state index in [0.29, 0.717) is 5.02 Å². The molecule has 0 spiro atoms. The number of rotatable bonds is 4. The lowest BCUT2D eigenvalue weighted by Gasteiger charge is -2.14. The third-order valence-corrected chi connectivity index (χ3v) is 2.37. The van der Waals surface area contributed by atoms with E-state index in [9.17, 15) is 4.79 Å². The molecule has 0 radical (unpaired) electrons. The summed E-state index contributed by atoms with van der Waals surface area (Å²) in [6, 6.07) is 7.04. The normalized spacial score (nSPS) is 11.4. The largest absolute Gasteiger partial charge is 0.349 e. The summed E-state index contributed by atoms with van der Waals surface area (Å²) in [4.78, 5) is 13.8. The van der Waals surface area contributed by atoms with Crippen LogP contribution in [0.15, 0.2) is 29.4 Å². The fourth-order valence-electron chi connectivity index (χ4n) is 1.29. The van der Waals surface area contributed by atoms with Crippen molar-refractivity contribution in [1.82, 2.24) is 5.32 Å². The van der Waals surface area contributed by atoms with Crippen LogP contribution in [0.3, 0.4) is 0 Å². The molecule has 1 rings (SSSR count). The molecule has 1 amide bonds. The average Bonchev–Trinajstić information content (AvgIpc) is 2.26. The molecule has 0 aliphatic rings. The van der Waals surface area contributed by atoms with Crippen molar-refractivity contribution in [2.24, 2.45) is 5.11 Å². The maximum atomic E-state index is 11.3. The molecule has 1 aromatic carbocycles. The summed E-state index contributed by atoms with van der Waals surface area (Å²) in [5.74, 6) is -0.329. The van der Waals surface area contributed by atoms with E-state index in [4.69, 9.17) is 17.1 Å². The summed E-state index contributed by atoms with van der Waals surface area (Å²) >= 11 is 5.97. The van der Waals surface area contributed by atoms with Crippen molar-refractivity contribution in [2.45, 2.75) is 13.0 Å². The van der Waals surface area contributed by atoms with Gasteiger partial charge in [0.05, 0.1) is 6.04 Å². The number of halogens is 1. The number of carbonyl (C=O) groups excluding carboxylic acids is 1. The summed E-state index contributed by atoms with van der Waals surface area (Å²) < 4.78 is 0. The fraction of sp³-hybridized carbons (Fsp3) is 0.300. The summed E-state index contributed by atoms with van der Waals surface area (Å²) in [7, 11) is 0. The van der Waals surface area contributed by atoms with Crippen LogP contribution >= 0.6 is 11.6 Å². The standard InChI is InChI=1S/C10H11ClN4O/c1-7(14-10(16)6-13-15-12)8-4-2-3-5-9(8)11/h2-5,7H,6H2,1H3,(H,14,16). The first-order valence-corrected chi connectivity index (χ1v) is 5.07. The maximum absolute atomic E-state index is 11.3. The minimum Gasteiger partial charge on any atom is -0.349 e. The van der Waals surface area contributed by atoms with Gasteiger partial charge in [-0.2, -0.15) is 0 Å². The summed E-state index contributed by atoms with van der Waals surface area (Å²) in [5, 5.41) is 6.46. The number of hydrogen-bond donors (Lipinski definition) is 1. The minimum atomic E-state index is -0.329. The Labute approximate surface area is 98.0 Å². The molecule has 1 N–H and O–H groups in total. The fourth-order valence-corrected chi connectivity index (χ4v) is 1.59. The first-order chi connectivity index (χ1) is 7.65. The zero-order chi connectivity index (χ0) is 12.0. The Balaban J connectivity index is 2.65. The molecule has 0 aromatic heterocycles. The highest BCUT2D eigenvalue weighted by Gasteiger charge is 2.11. The van der Waals surface area contributed by atoms with Crippen molar-refractivity contribution in [3.63, 3.8) is 0 Å². The van der Waals surface area contributed by atoms with Gasteiger partial charge in [0.1, 0.15) is 6.54 Å². The number of nitrogens with one attached hydrogen (secondary N) is 1. The number of nitrogens with zero attached hydrogens (tertiary/aromatic N) is 3. The second-order valence-electron chi connectivity index (χ2n) is 3.20. The van der Waals surface area contributed by atoms with Gasteiger partial charge in [-0.05, 0) is 24.1 Å². The van der Waals surface area contributed by atoms with Crippen molar-refractivity contribution >= 4 is 17.5 Å². The van der Waals surface area contributed by atoms with Gasteiger partial charge in [0.25, 0.3) is 0 Å². The third-order valence-electron chi connectivity index (χ3n) is 2.03. The van der Waals surface area contributed by atoms with E-state index in [1.807, 2.05) is 25.1 Å². The van der Waals surface area contributed by atoms with E-state index < -0.39 is 0 Å². The quantitative estimate of drug-likeness (QED) is 0.489.